The number of carbonyl (C=O) groups is 2. The highest BCUT2D eigenvalue weighted by molar-refractivity contribution is 5.97. The summed E-state index contributed by atoms with van der Waals surface area (Å²) in [6.45, 7) is 13.0. The second-order valence-electron chi connectivity index (χ2n) is 8.55. The summed E-state index contributed by atoms with van der Waals surface area (Å²) >= 11 is 0. The van der Waals surface area contributed by atoms with Crippen LogP contribution in [0.25, 0.3) is 0 Å². The molecule has 0 heterocycles. The van der Waals surface area contributed by atoms with E-state index in [1.165, 1.54) is 25.5 Å². The van der Waals surface area contributed by atoms with Crippen molar-refractivity contribution in [1.82, 2.24) is 0 Å². The Morgan fingerprint density at radius 1 is 1.29 bits per heavy atom. The molecular formula is C21H32O3. The Kier molecular flexibility index (Phi) is 5.41. The van der Waals surface area contributed by atoms with Crippen LogP contribution in [0.4, 0.5) is 0 Å². The highest BCUT2D eigenvalue weighted by Crippen LogP contribution is 2.59. The van der Waals surface area contributed by atoms with Gasteiger partial charge in [-0.3, -0.25) is 9.59 Å². The first-order valence-corrected chi connectivity index (χ1v) is 9.08. The van der Waals surface area contributed by atoms with Gasteiger partial charge in [0, 0.05) is 6.42 Å². The van der Waals surface area contributed by atoms with Crippen LogP contribution in [0, 0.1) is 16.7 Å². The van der Waals surface area contributed by atoms with E-state index in [1.807, 2.05) is 6.92 Å². The maximum atomic E-state index is 12.6. The van der Waals surface area contributed by atoms with E-state index < -0.39 is 0 Å². The van der Waals surface area contributed by atoms with Crippen LogP contribution >= 0.6 is 0 Å². The summed E-state index contributed by atoms with van der Waals surface area (Å²) in [5.74, 6) is 0.480. The van der Waals surface area contributed by atoms with Crippen LogP contribution in [0.3, 0.4) is 0 Å². The number of hydrogen-bond donors (Lipinski definition) is 0. The summed E-state index contributed by atoms with van der Waals surface area (Å²) in [5, 5.41) is 0. The van der Waals surface area contributed by atoms with Gasteiger partial charge in [0.2, 0.25) is 0 Å². The minimum Gasteiger partial charge on any atom is -0.469 e. The minimum atomic E-state index is -0.242. The molecule has 2 rings (SSSR count). The van der Waals surface area contributed by atoms with Crippen LogP contribution in [0.5, 0.6) is 0 Å². The molecule has 0 saturated heterocycles. The van der Waals surface area contributed by atoms with Crippen LogP contribution < -0.4 is 0 Å². The van der Waals surface area contributed by atoms with Gasteiger partial charge in [0.25, 0.3) is 0 Å². The number of hydrogen-bond acceptors (Lipinski definition) is 3. The minimum absolute atomic E-state index is 0.102. The summed E-state index contributed by atoms with van der Waals surface area (Å²) in [6, 6.07) is 0. The summed E-state index contributed by atoms with van der Waals surface area (Å²) in [6.07, 6.45) is 6.10. The molecule has 0 amide bonds. The van der Waals surface area contributed by atoms with Crippen molar-refractivity contribution in [1.29, 1.82) is 0 Å². The SMILES string of the molecule is C=C(CCC1=C(C)C(=O)C[C@H]2C(C)(C)CCC[C@]12C)CC(=O)OC. The summed E-state index contributed by atoms with van der Waals surface area (Å²) in [4.78, 5) is 24.0. The first kappa shape index (κ1) is 19.0. The number of ether oxygens (including phenoxy) is 1. The van der Waals surface area contributed by atoms with Gasteiger partial charge in [-0.25, -0.2) is 0 Å². The number of fused-ring (bicyclic) bond motifs is 1. The molecule has 0 bridgehead atoms. The van der Waals surface area contributed by atoms with Gasteiger partial charge in [-0.05, 0) is 54.9 Å². The van der Waals surface area contributed by atoms with Crippen LogP contribution in [-0.4, -0.2) is 18.9 Å². The second-order valence-corrected chi connectivity index (χ2v) is 8.55. The summed E-state index contributed by atoms with van der Waals surface area (Å²) < 4.78 is 4.72. The lowest BCUT2D eigenvalue weighted by atomic mass is 9.49. The normalized spacial score (nSPS) is 29.2. The quantitative estimate of drug-likeness (QED) is 0.525. The molecule has 3 nitrogen and oxygen atoms in total. The first-order valence-electron chi connectivity index (χ1n) is 9.08. The third-order valence-electron chi connectivity index (χ3n) is 6.53. The molecule has 0 aromatic carbocycles. The number of carbonyl (C=O) groups excluding carboxylic acids is 2. The molecule has 2 atom stereocenters. The Hall–Kier alpha value is -1.38. The zero-order valence-electron chi connectivity index (χ0n) is 16.0. The molecule has 0 radical (unpaired) electrons. The number of ketones is 1. The summed E-state index contributed by atoms with van der Waals surface area (Å²) in [5.41, 5.74) is 3.46. The maximum absolute atomic E-state index is 12.6. The average Bonchev–Trinajstić information content (AvgIpc) is 2.49. The van der Waals surface area contributed by atoms with Gasteiger partial charge in [-0.2, -0.15) is 0 Å². The molecule has 0 aromatic rings. The molecule has 0 unspecified atom stereocenters. The Bertz CT molecular complexity index is 582. The van der Waals surface area contributed by atoms with Gasteiger partial charge in [-0.15, -0.1) is 0 Å². The third-order valence-corrected chi connectivity index (χ3v) is 6.53. The van der Waals surface area contributed by atoms with Crippen molar-refractivity contribution in [2.24, 2.45) is 16.7 Å². The molecule has 0 spiro atoms. The van der Waals surface area contributed by atoms with Crippen molar-refractivity contribution in [2.45, 2.75) is 72.6 Å². The average molecular weight is 332 g/mol. The first-order chi connectivity index (χ1) is 11.1. The van der Waals surface area contributed by atoms with Crippen LogP contribution in [0.2, 0.25) is 0 Å². The molecule has 134 valence electrons. The number of methoxy groups -OCH3 is 1. The molecule has 1 saturated carbocycles. The zero-order valence-corrected chi connectivity index (χ0v) is 16.0. The van der Waals surface area contributed by atoms with Gasteiger partial charge < -0.3 is 4.74 Å². The largest absolute Gasteiger partial charge is 0.469 e. The number of esters is 1. The van der Waals surface area contributed by atoms with Crippen molar-refractivity contribution >= 4 is 11.8 Å². The fourth-order valence-electron chi connectivity index (χ4n) is 5.06. The summed E-state index contributed by atoms with van der Waals surface area (Å²) in [7, 11) is 1.40. The van der Waals surface area contributed by atoms with Crippen molar-refractivity contribution in [3.05, 3.63) is 23.3 Å². The van der Waals surface area contributed by atoms with E-state index in [4.69, 9.17) is 4.74 Å². The highest BCUT2D eigenvalue weighted by atomic mass is 16.5. The van der Waals surface area contributed by atoms with E-state index in [-0.39, 0.29) is 23.2 Å². The van der Waals surface area contributed by atoms with Crippen molar-refractivity contribution in [3.63, 3.8) is 0 Å². The molecule has 1 fully saturated rings. The molecule has 0 aromatic heterocycles. The fraction of sp³-hybridized carbons (Fsp3) is 0.714. The van der Waals surface area contributed by atoms with E-state index in [0.29, 0.717) is 18.1 Å². The zero-order chi connectivity index (χ0) is 18.1. The predicted molar refractivity (Wildman–Crippen MR) is 96.6 cm³/mol. The topological polar surface area (TPSA) is 43.4 Å². The lowest BCUT2D eigenvalue weighted by Gasteiger charge is -2.54. The Balaban J connectivity index is 2.22. The third kappa shape index (κ3) is 3.50. The van der Waals surface area contributed by atoms with E-state index in [0.717, 1.165) is 30.4 Å². The van der Waals surface area contributed by atoms with Crippen LogP contribution in [0.1, 0.15) is 72.6 Å². The van der Waals surface area contributed by atoms with E-state index >= 15 is 0 Å². The number of allylic oxidation sites excluding steroid dienone is 2. The molecule has 24 heavy (non-hydrogen) atoms. The van der Waals surface area contributed by atoms with Gasteiger partial charge in [0.1, 0.15) is 0 Å². The standard InChI is InChI=1S/C21H32O3/c1-14(12-19(23)24-6)8-9-16-15(2)17(22)13-18-20(3,4)10-7-11-21(16,18)5/h18H,1,7-13H2,2-6H3/t18-,21+/m0/s1. The van der Waals surface area contributed by atoms with Crippen LogP contribution in [0.15, 0.2) is 23.3 Å². The Labute approximate surface area is 146 Å². The second kappa shape index (κ2) is 6.85. The molecular weight excluding hydrogens is 300 g/mol. The molecule has 3 heteroatoms. The molecule has 0 aliphatic heterocycles. The smallest absolute Gasteiger partial charge is 0.309 e. The van der Waals surface area contributed by atoms with Gasteiger partial charge in [0.05, 0.1) is 13.5 Å². The predicted octanol–water partition coefficient (Wildman–Crippen LogP) is 5.01. The molecule has 2 aliphatic carbocycles. The number of Topliss-reactive ketones (excluding diaryl/α,β-unsaturated/α-hetero) is 1. The molecule has 0 N–H and O–H groups in total. The van der Waals surface area contributed by atoms with Gasteiger partial charge in [0.15, 0.2) is 5.78 Å². The monoisotopic (exact) mass is 332 g/mol. The van der Waals surface area contributed by atoms with E-state index in [1.54, 1.807) is 0 Å². The molecule has 2 aliphatic rings. The fourth-order valence-corrected chi connectivity index (χ4v) is 5.06. The maximum Gasteiger partial charge on any atom is 0.309 e. The van der Waals surface area contributed by atoms with Crippen LogP contribution in [-0.2, 0) is 14.3 Å². The van der Waals surface area contributed by atoms with Crippen molar-refractivity contribution in [2.75, 3.05) is 7.11 Å². The van der Waals surface area contributed by atoms with E-state index in [9.17, 15) is 9.59 Å². The van der Waals surface area contributed by atoms with E-state index in [2.05, 4.69) is 27.4 Å². The Morgan fingerprint density at radius 3 is 2.58 bits per heavy atom. The lowest BCUT2D eigenvalue weighted by Crippen LogP contribution is -2.47. The van der Waals surface area contributed by atoms with Crippen molar-refractivity contribution in [3.8, 4) is 0 Å². The van der Waals surface area contributed by atoms with Gasteiger partial charge in [-0.1, -0.05) is 44.9 Å². The highest BCUT2D eigenvalue weighted by Gasteiger charge is 2.51. The van der Waals surface area contributed by atoms with Crippen molar-refractivity contribution < 1.29 is 14.3 Å². The Morgan fingerprint density at radius 2 is 1.96 bits per heavy atom. The lowest BCUT2D eigenvalue weighted by molar-refractivity contribution is -0.139. The number of rotatable bonds is 5. The van der Waals surface area contributed by atoms with Gasteiger partial charge >= 0.3 is 5.97 Å².